The lowest BCUT2D eigenvalue weighted by atomic mass is 10.1. The Balaban J connectivity index is 1.94. The number of furan rings is 1. The van der Waals surface area contributed by atoms with E-state index in [1.807, 2.05) is 0 Å². The van der Waals surface area contributed by atoms with Crippen molar-refractivity contribution in [3.8, 4) is 0 Å². The minimum atomic E-state index is -0.630. The molecule has 0 bridgehead atoms. The van der Waals surface area contributed by atoms with Gasteiger partial charge in [0.2, 0.25) is 5.78 Å². The Morgan fingerprint density at radius 1 is 1.14 bits per heavy atom. The average Bonchev–Trinajstić information content (AvgIpc) is 2.89. The van der Waals surface area contributed by atoms with Crippen LogP contribution in [0.4, 0.5) is 8.78 Å². The molecule has 0 unspecified atom stereocenters. The first-order valence-electron chi connectivity index (χ1n) is 6.20. The van der Waals surface area contributed by atoms with Gasteiger partial charge in [0.05, 0.1) is 5.02 Å². The van der Waals surface area contributed by atoms with Gasteiger partial charge in [0.1, 0.15) is 5.82 Å². The number of hydrogen-bond donors (Lipinski definition) is 0. The van der Waals surface area contributed by atoms with E-state index in [-0.39, 0.29) is 28.4 Å². The Bertz CT molecular complexity index is 839. The molecule has 106 valence electrons. The summed E-state index contributed by atoms with van der Waals surface area (Å²) in [5.41, 5.74) is 0.195. The van der Waals surface area contributed by atoms with Crippen LogP contribution in [0, 0.1) is 11.6 Å². The van der Waals surface area contributed by atoms with Crippen LogP contribution in [-0.2, 0) is 6.42 Å². The van der Waals surface area contributed by atoms with Gasteiger partial charge in [-0.1, -0.05) is 35.9 Å². The second-order valence-corrected chi connectivity index (χ2v) is 4.99. The molecule has 0 aliphatic heterocycles. The smallest absolute Gasteiger partial charge is 0.202 e. The summed E-state index contributed by atoms with van der Waals surface area (Å²) in [6.07, 6.45) is -0.201. The first-order valence-corrected chi connectivity index (χ1v) is 6.58. The summed E-state index contributed by atoms with van der Waals surface area (Å²) < 4.78 is 32.5. The van der Waals surface area contributed by atoms with Crippen LogP contribution in [0.2, 0.25) is 5.02 Å². The topological polar surface area (TPSA) is 30.2 Å². The van der Waals surface area contributed by atoms with Crippen molar-refractivity contribution in [2.75, 3.05) is 0 Å². The van der Waals surface area contributed by atoms with Crippen LogP contribution in [0.5, 0.6) is 0 Å². The highest BCUT2D eigenvalue weighted by Gasteiger charge is 2.17. The highest BCUT2D eigenvalue weighted by molar-refractivity contribution is 6.30. The first kappa shape index (κ1) is 13.8. The predicted molar refractivity (Wildman–Crippen MR) is 75.6 cm³/mol. The second-order valence-electron chi connectivity index (χ2n) is 4.58. The van der Waals surface area contributed by atoms with Gasteiger partial charge in [-0.05, 0) is 23.8 Å². The zero-order valence-corrected chi connectivity index (χ0v) is 11.5. The van der Waals surface area contributed by atoms with E-state index in [1.165, 1.54) is 30.3 Å². The van der Waals surface area contributed by atoms with Crippen molar-refractivity contribution in [1.82, 2.24) is 0 Å². The number of para-hydroxylation sites is 1. The lowest BCUT2D eigenvalue weighted by molar-refractivity contribution is 0.0967. The fourth-order valence-electron chi connectivity index (χ4n) is 2.11. The summed E-state index contributed by atoms with van der Waals surface area (Å²) in [6, 6.07) is 10.3. The summed E-state index contributed by atoms with van der Waals surface area (Å²) in [7, 11) is 0. The Morgan fingerprint density at radius 2 is 1.90 bits per heavy atom. The maximum atomic E-state index is 13.8. The van der Waals surface area contributed by atoms with Gasteiger partial charge < -0.3 is 4.42 Å². The van der Waals surface area contributed by atoms with Crippen LogP contribution in [0.15, 0.2) is 46.9 Å². The summed E-state index contributed by atoms with van der Waals surface area (Å²) in [6.45, 7) is 0. The molecule has 0 N–H and O–H groups in total. The summed E-state index contributed by atoms with van der Waals surface area (Å²) in [5.74, 6) is -1.61. The quantitative estimate of drug-likeness (QED) is 0.651. The molecule has 0 spiro atoms. The van der Waals surface area contributed by atoms with Gasteiger partial charge in [-0.3, -0.25) is 4.79 Å². The molecule has 0 amide bonds. The summed E-state index contributed by atoms with van der Waals surface area (Å²) in [4.78, 5) is 12.1. The van der Waals surface area contributed by atoms with E-state index < -0.39 is 17.4 Å². The van der Waals surface area contributed by atoms with Gasteiger partial charge in [-0.2, -0.15) is 0 Å². The van der Waals surface area contributed by atoms with Crippen LogP contribution < -0.4 is 0 Å². The number of hydrogen-bond acceptors (Lipinski definition) is 2. The number of ketones is 1. The van der Waals surface area contributed by atoms with Crippen LogP contribution >= 0.6 is 11.6 Å². The monoisotopic (exact) mass is 306 g/mol. The minimum Gasteiger partial charge on any atom is -0.450 e. The third-order valence-electron chi connectivity index (χ3n) is 3.15. The molecule has 2 nitrogen and oxygen atoms in total. The lowest BCUT2D eigenvalue weighted by Gasteiger charge is -2.02. The fraction of sp³-hybridized carbons (Fsp3) is 0.0625. The Hall–Kier alpha value is -2.20. The van der Waals surface area contributed by atoms with Crippen molar-refractivity contribution in [3.63, 3.8) is 0 Å². The van der Waals surface area contributed by atoms with Crippen molar-refractivity contribution in [1.29, 1.82) is 0 Å². The summed E-state index contributed by atoms with van der Waals surface area (Å²) >= 11 is 5.67. The number of Topliss-reactive ketones (excluding diaryl/α,β-unsaturated/α-hetero) is 1. The highest BCUT2D eigenvalue weighted by Crippen LogP contribution is 2.24. The zero-order valence-electron chi connectivity index (χ0n) is 10.7. The second kappa shape index (κ2) is 5.30. The third kappa shape index (κ3) is 2.54. The number of halogens is 3. The number of fused-ring (bicyclic) bond motifs is 1. The van der Waals surface area contributed by atoms with Gasteiger partial charge in [0.15, 0.2) is 17.2 Å². The highest BCUT2D eigenvalue weighted by atomic mass is 35.5. The van der Waals surface area contributed by atoms with Gasteiger partial charge in [0, 0.05) is 11.8 Å². The van der Waals surface area contributed by atoms with Crippen molar-refractivity contribution >= 4 is 28.4 Å². The molecule has 1 heterocycles. The molecule has 0 atom stereocenters. The van der Waals surface area contributed by atoms with Crippen molar-refractivity contribution in [3.05, 3.63) is 70.4 Å². The molecular formula is C16H9ClF2O2. The van der Waals surface area contributed by atoms with Gasteiger partial charge in [0.25, 0.3) is 0 Å². The van der Waals surface area contributed by atoms with E-state index in [4.69, 9.17) is 16.0 Å². The number of rotatable bonds is 3. The Kier molecular flexibility index (Phi) is 3.47. The molecule has 0 fully saturated rings. The van der Waals surface area contributed by atoms with Crippen LogP contribution in [0.25, 0.3) is 11.0 Å². The molecule has 3 rings (SSSR count). The Labute approximate surface area is 123 Å². The lowest BCUT2D eigenvalue weighted by Crippen LogP contribution is -2.04. The molecule has 0 saturated heterocycles. The van der Waals surface area contributed by atoms with E-state index in [0.717, 1.165) is 0 Å². The molecule has 0 aliphatic carbocycles. The van der Waals surface area contributed by atoms with Crippen molar-refractivity contribution in [2.45, 2.75) is 6.42 Å². The molecule has 5 heteroatoms. The number of benzene rings is 2. The van der Waals surface area contributed by atoms with E-state index in [9.17, 15) is 13.6 Å². The molecule has 3 aromatic rings. The predicted octanol–water partition coefficient (Wildman–Crippen LogP) is 4.79. The maximum Gasteiger partial charge on any atom is 0.202 e. The molecule has 1 aromatic heterocycles. The summed E-state index contributed by atoms with van der Waals surface area (Å²) in [5, 5.41) is 0.445. The Morgan fingerprint density at radius 3 is 2.67 bits per heavy atom. The third-order valence-corrected chi connectivity index (χ3v) is 3.45. The minimum absolute atomic E-state index is 0.00512. The van der Waals surface area contributed by atoms with Gasteiger partial charge in [-0.15, -0.1) is 0 Å². The fourth-order valence-corrected chi connectivity index (χ4v) is 2.30. The zero-order chi connectivity index (χ0) is 15.0. The molecule has 0 saturated carbocycles. The molecule has 2 aromatic carbocycles. The van der Waals surface area contributed by atoms with Crippen LogP contribution in [0.1, 0.15) is 16.1 Å². The average molecular weight is 307 g/mol. The standard InChI is InChI=1S/C16H9ClF2O2/c17-11-5-1-3-9(15(11)19)7-13(20)14-8-10-4-2-6-12(18)16(10)21-14/h1-6,8H,7H2. The van der Waals surface area contributed by atoms with Crippen molar-refractivity contribution < 1.29 is 18.0 Å². The van der Waals surface area contributed by atoms with E-state index in [1.54, 1.807) is 12.1 Å². The van der Waals surface area contributed by atoms with Crippen molar-refractivity contribution in [2.24, 2.45) is 0 Å². The maximum absolute atomic E-state index is 13.8. The molecular weight excluding hydrogens is 298 g/mol. The van der Waals surface area contributed by atoms with E-state index in [0.29, 0.717) is 5.39 Å². The van der Waals surface area contributed by atoms with Crippen LogP contribution in [-0.4, -0.2) is 5.78 Å². The largest absolute Gasteiger partial charge is 0.450 e. The number of carbonyl (C=O) groups excluding carboxylic acids is 1. The van der Waals surface area contributed by atoms with Gasteiger partial charge >= 0.3 is 0 Å². The molecule has 0 radical (unpaired) electrons. The number of carbonyl (C=O) groups is 1. The molecule has 0 aliphatic rings. The van der Waals surface area contributed by atoms with E-state index >= 15 is 0 Å². The van der Waals surface area contributed by atoms with E-state index in [2.05, 4.69) is 0 Å². The first-order chi connectivity index (χ1) is 10.1. The van der Waals surface area contributed by atoms with Gasteiger partial charge in [-0.25, -0.2) is 8.78 Å². The normalized spacial score (nSPS) is 11.0. The molecule has 21 heavy (non-hydrogen) atoms. The van der Waals surface area contributed by atoms with Crippen LogP contribution in [0.3, 0.4) is 0 Å². The SMILES string of the molecule is O=C(Cc1cccc(Cl)c1F)c1cc2cccc(F)c2o1.